The molecular weight excluding hydrogens is 366 g/mol. The Labute approximate surface area is 159 Å². The van der Waals surface area contributed by atoms with Gasteiger partial charge < -0.3 is 9.47 Å². The van der Waals surface area contributed by atoms with Crippen LogP contribution in [0.5, 0.6) is 0 Å². The molecule has 7 heteroatoms. The lowest BCUT2D eigenvalue weighted by atomic mass is 10.1. The molecule has 0 unspecified atom stereocenters. The molecule has 1 aliphatic rings. The Kier molecular flexibility index (Phi) is 6.26. The van der Waals surface area contributed by atoms with Crippen molar-refractivity contribution in [2.75, 3.05) is 26.3 Å². The average molecular weight is 389 g/mol. The lowest BCUT2D eigenvalue weighted by Crippen LogP contribution is -2.40. The Bertz CT molecular complexity index is 887. The Morgan fingerprint density at radius 3 is 2.48 bits per heavy atom. The molecular formula is C20H23NO5S. The summed E-state index contributed by atoms with van der Waals surface area (Å²) in [6.07, 6.45) is 0.187. The van der Waals surface area contributed by atoms with Gasteiger partial charge in [-0.2, -0.15) is 4.31 Å². The normalized spacial score (nSPS) is 15.4. The molecule has 2 aromatic rings. The summed E-state index contributed by atoms with van der Waals surface area (Å²) in [6.45, 7) is 3.51. The second kappa shape index (κ2) is 8.65. The molecule has 2 aromatic carbocycles. The van der Waals surface area contributed by atoms with E-state index in [0.29, 0.717) is 31.9 Å². The molecule has 1 saturated heterocycles. The van der Waals surface area contributed by atoms with Crippen LogP contribution in [0.25, 0.3) is 0 Å². The third-order valence-corrected chi connectivity index (χ3v) is 6.27. The first-order chi connectivity index (χ1) is 12.9. The lowest BCUT2D eigenvalue weighted by Gasteiger charge is -2.26. The molecule has 0 atom stereocenters. The number of rotatable bonds is 6. The van der Waals surface area contributed by atoms with Gasteiger partial charge in [-0.05, 0) is 30.2 Å². The molecule has 0 radical (unpaired) electrons. The number of ether oxygens (including phenoxy) is 2. The highest BCUT2D eigenvalue weighted by Gasteiger charge is 2.26. The molecule has 6 nitrogen and oxygen atoms in total. The number of sulfonamides is 1. The number of carbonyl (C=O) groups is 1. The van der Waals surface area contributed by atoms with Crippen LogP contribution in [0.2, 0.25) is 0 Å². The maximum atomic E-state index is 12.7. The highest BCUT2D eigenvalue weighted by molar-refractivity contribution is 7.89. The van der Waals surface area contributed by atoms with Crippen LogP contribution in [-0.2, 0) is 37.3 Å². The zero-order valence-corrected chi connectivity index (χ0v) is 16.1. The van der Waals surface area contributed by atoms with Gasteiger partial charge in [-0.15, -0.1) is 0 Å². The maximum Gasteiger partial charge on any atom is 0.310 e. The van der Waals surface area contributed by atoms with Crippen LogP contribution >= 0.6 is 0 Å². The minimum atomic E-state index is -3.56. The Morgan fingerprint density at radius 1 is 1.07 bits per heavy atom. The first kappa shape index (κ1) is 19.5. The number of esters is 1. The van der Waals surface area contributed by atoms with Crippen molar-refractivity contribution in [1.82, 2.24) is 4.31 Å². The van der Waals surface area contributed by atoms with Crippen LogP contribution in [0.15, 0.2) is 53.4 Å². The van der Waals surface area contributed by atoms with Crippen molar-refractivity contribution < 1.29 is 22.7 Å². The highest BCUT2D eigenvalue weighted by Crippen LogP contribution is 2.19. The van der Waals surface area contributed by atoms with E-state index >= 15 is 0 Å². The van der Waals surface area contributed by atoms with Crippen molar-refractivity contribution in [2.45, 2.75) is 24.8 Å². The summed E-state index contributed by atoms with van der Waals surface area (Å²) in [7, 11) is -3.56. The number of benzene rings is 2. The largest absolute Gasteiger partial charge is 0.461 e. The molecule has 1 fully saturated rings. The van der Waals surface area contributed by atoms with Gasteiger partial charge in [0.25, 0.3) is 0 Å². The number of hydrogen-bond acceptors (Lipinski definition) is 5. The van der Waals surface area contributed by atoms with Crippen LogP contribution < -0.4 is 0 Å². The van der Waals surface area contributed by atoms with Gasteiger partial charge in [0.15, 0.2) is 0 Å². The number of hydrogen-bond donors (Lipinski definition) is 0. The van der Waals surface area contributed by atoms with Gasteiger partial charge in [-0.25, -0.2) is 8.42 Å². The molecule has 27 heavy (non-hydrogen) atoms. The Hall–Kier alpha value is -2.22. The SMILES string of the molecule is Cc1ccc(CC(=O)OCc2cccc(S(=O)(=O)N3CCOCC3)c2)cc1. The first-order valence-electron chi connectivity index (χ1n) is 8.83. The number of aryl methyl sites for hydroxylation is 1. The zero-order chi connectivity index (χ0) is 19.3. The van der Waals surface area contributed by atoms with Crippen LogP contribution in [0.4, 0.5) is 0 Å². The Morgan fingerprint density at radius 2 is 1.78 bits per heavy atom. The van der Waals surface area contributed by atoms with Crippen LogP contribution in [0.1, 0.15) is 16.7 Å². The van der Waals surface area contributed by atoms with E-state index in [9.17, 15) is 13.2 Å². The summed E-state index contributed by atoms with van der Waals surface area (Å²) in [4.78, 5) is 12.2. The number of carbonyl (C=O) groups excluding carboxylic acids is 1. The number of nitrogens with zero attached hydrogens (tertiary/aromatic N) is 1. The highest BCUT2D eigenvalue weighted by atomic mass is 32.2. The smallest absolute Gasteiger partial charge is 0.310 e. The van der Waals surface area contributed by atoms with E-state index < -0.39 is 10.0 Å². The second-order valence-electron chi connectivity index (χ2n) is 6.49. The Balaban J connectivity index is 1.61. The molecule has 0 amide bonds. The van der Waals surface area contributed by atoms with Gasteiger partial charge in [0.05, 0.1) is 24.5 Å². The summed E-state index contributed by atoms with van der Waals surface area (Å²) in [5.74, 6) is -0.347. The van der Waals surface area contributed by atoms with Gasteiger partial charge in [0.1, 0.15) is 6.61 Å². The fourth-order valence-electron chi connectivity index (χ4n) is 2.82. The third kappa shape index (κ3) is 5.15. The fraction of sp³-hybridized carbons (Fsp3) is 0.350. The second-order valence-corrected chi connectivity index (χ2v) is 8.42. The standard InChI is InChI=1S/C20H23NO5S/c1-16-5-7-17(8-6-16)14-20(22)26-15-18-3-2-4-19(13-18)27(23,24)21-9-11-25-12-10-21/h2-8,13H,9-12,14-15H2,1H3. The van der Waals surface area contributed by atoms with Crippen molar-refractivity contribution in [3.8, 4) is 0 Å². The van der Waals surface area contributed by atoms with Crippen LogP contribution in [0, 0.1) is 6.92 Å². The van der Waals surface area contributed by atoms with Crippen molar-refractivity contribution in [3.63, 3.8) is 0 Å². The molecule has 0 saturated carbocycles. The van der Waals surface area contributed by atoms with E-state index in [-0.39, 0.29) is 23.9 Å². The van der Waals surface area contributed by atoms with E-state index in [0.717, 1.165) is 11.1 Å². The van der Waals surface area contributed by atoms with Gasteiger partial charge in [-0.3, -0.25) is 4.79 Å². The van der Waals surface area contributed by atoms with E-state index in [4.69, 9.17) is 9.47 Å². The summed E-state index contributed by atoms with van der Waals surface area (Å²) in [5.41, 5.74) is 2.65. The minimum absolute atomic E-state index is 0.0389. The van der Waals surface area contributed by atoms with Crippen molar-refractivity contribution in [3.05, 3.63) is 65.2 Å². The van der Waals surface area contributed by atoms with Crippen molar-refractivity contribution in [1.29, 1.82) is 0 Å². The van der Waals surface area contributed by atoms with E-state index in [1.165, 1.54) is 4.31 Å². The third-order valence-electron chi connectivity index (χ3n) is 4.38. The van der Waals surface area contributed by atoms with Crippen LogP contribution in [-0.4, -0.2) is 45.0 Å². The molecule has 0 aliphatic carbocycles. The predicted molar refractivity (Wildman–Crippen MR) is 101 cm³/mol. The fourth-order valence-corrected chi connectivity index (χ4v) is 4.30. The summed E-state index contributed by atoms with van der Waals surface area (Å²) >= 11 is 0. The number of morpholine rings is 1. The van der Waals surface area contributed by atoms with Crippen LogP contribution in [0.3, 0.4) is 0 Å². The van der Waals surface area contributed by atoms with Gasteiger partial charge in [0.2, 0.25) is 10.0 Å². The summed E-state index contributed by atoms with van der Waals surface area (Å²) in [6, 6.07) is 14.2. The minimum Gasteiger partial charge on any atom is -0.461 e. The van der Waals surface area contributed by atoms with Gasteiger partial charge in [0, 0.05) is 13.1 Å². The quantitative estimate of drug-likeness (QED) is 0.709. The molecule has 144 valence electrons. The molecule has 3 rings (SSSR count). The van der Waals surface area contributed by atoms with E-state index in [1.54, 1.807) is 24.3 Å². The average Bonchev–Trinajstić information content (AvgIpc) is 2.69. The summed E-state index contributed by atoms with van der Waals surface area (Å²) < 4.78 is 37.4. The van der Waals surface area contributed by atoms with Crippen molar-refractivity contribution >= 4 is 16.0 Å². The summed E-state index contributed by atoms with van der Waals surface area (Å²) in [5, 5.41) is 0. The molecule has 0 spiro atoms. The molecule has 1 aliphatic heterocycles. The van der Waals surface area contributed by atoms with Gasteiger partial charge >= 0.3 is 5.97 Å². The first-order valence-corrected chi connectivity index (χ1v) is 10.3. The van der Waals surface area contributed by atoms with Crippen molar-refractivity contribution in [2.24, 2.45) is 0 Å². The topological polar surface area (TPSA) is 72.9 Å². The van der Waals surface area contributed by atoms with E-state index in [1.807, 2.05) is 31.2 Å². The zero-order valence-electron chi connectivity index (χ0n) is 15.3. The molecule has 0 N–H and O–H groups in total. The van der Waals surface area contributed by atoms with E-state index in [2.05, 4.69) is 0 Å². The molecule has 1 heterocycles. The molecule has 0 aromatic heterocycles. The van der Waals surface area contributed by atoms with Gasteiger partial charge in [-0.1, -0.05) is 42.0 Å². The monoisotopic (exact) mass is 389 g/mol. The molecule has 0 bridgehead atoms. The predicted octanol–water partition coefficient (Wildman–Crippen LogP) is 2.30. The maximum absolute atomic E-state index is 12.7. The lowest BCUT2D eigenvalue weighted by molar-refractivity contribution is -0.144.